The van der Waals surface area contributed by atoms with E-state index >= 15 is 0 Å². The lowest BCUT2D eigenvalue weighted by Gasteiger charge is -2.00. The minimum atomic E-state index is -0.765. The molecule has 94 valence electrons. The lowest BCUT2D eigenvalue weighted by molar-refractivity contribution is -0.137. The maximum absolute atomic E-state index is 11.4. The van der Waals surface area contributed by atoms with Crippen molar-refractivity contribution < 1.29 is 18.7 Å². The Labute approximate surface area is 103 Å². The summed E-state index contributed by atoms with van der Waals surface area (Å²) in [4.78, 5) is 22.8. The van der Waals surface area contributed by atoms with Gasteiger partial charge in [-0.1, -0.05) is 0 Å². The second kappa shape index (κ2) is 6.25. The molecule has 6 nitrogen and oxygen atoms in total. The van der Waals surface area contributed by atoms with Crippen LogP contribution >= 0.6 is 0 Å². The standard InChI is InChI=1S/C12H11NO5/c1-3-17-12(15)8(6-13)4-9-5-10(14)11(16-2)7-18-9/h4-5,7H,3H2,1-2H3. The van der Waals surface area contributed by atoms with Gasteiger partial charge in [-0.15, -0.1) is 0 Å². The van der Waals surface area contributed by atoms with Crippen LogP contribution in [0.5, 0.6) is 5.75 Å². The number of nitrogens with zero attached hydrogens (tertiary/aromatic N) is 1. The van der Waals surface area contributed by atoms with Crippen molar-refractivity contribution in [2.24, 2.45) is 0 Å². The summed E-state index contributed by atoms with van der Waals surface area (Å²) in [6, 6.07) is 2.80. The van der Waals surface area contributed by atoms with E-state index in [4.69, 9.17) is 14.4 Å². The van der Waals surface area contributed by atoms with Crippen LogP contribution in [0.15, 0.2) is 27.1 Å². The highest BCUT2D eigenvalue weighted by atomic mass is 16.5. The van der Waals surface area contributed by atoms with Crippen molar-refractivity contribution in [1.82, 2.24) is 0 Å². The van der Waals surface area contributed by atoms with Crippen LogP contribution in [0.4, 0.5) is 0 Å². The van der Waals surface area contributed by atoms with Crippen molar-refractivity contribution >= 4 is 12.0 Å². The van der Waals surface area contributed by atoms with Gasteiger partial charge < -0.3 is 13.9 Å². The monoisotopic (exact) mass is 249 g/mol. The van der Waals surface area contributed by atoms with E-state index in [0.29, 0.717) is 0 Å². The number of nitriles is 1. The van der Waals surface area contributed by atoms with Crippen molar-refractivity contribution in [1.29, 1.82) is 5.26 Å². The Morgan fingerprint density at radius 2 is 2.33 bits per heavy atom. The van der Waals surface area contributed by atoms with E-state index < -0.39 is 11.4 Å². The van der Waals surface area contributed by atoms with Gasteiger partial charge in [0.15, 0.2) is 0 Å². The predicted molar refractivity (Wildman–Crippen MR) is 61.8 cm³/mol. The summed E-state index contributed by atoms with van der Waals surface area (Å²) in [5.41, 5.74) is -0.652. The van der Waals surface area contributed by atoms with Gasteiger partial charge in [0.05, 0.1) is 13.7 Å². The Hall–Kier alpha value is -2.55. The molecule has 1 aromatic rings. The van der Waals surface area contributed by atoms with Gasteiger partial charge in [-0.2, -0.15) is 5.26 Å². The number of carbonyl (C=O) groups is 1. The highest BCUT2D eigenvalue weighted by molar-refractivity contribution is 5.97. The van der Waals surface area contributed by atoms with Crippen LogP contribution in [0.25, 0.3) is 6.08 Å². The topological polar surface area (TPSA) is 89.5 Å². The largest absolute Gasteiger partial charge is 0.490 e. The van der Waals surface area contributed by atoms with Gasteiger partial charge in [0.25, 0.3) is 0 Å². The van der Waals surface area contributed by atoms with Crippen molar-refractivity contribution in [2.75, 3.05) is 13.7 Å². The lowest BCUT2D eigenvalue weighted by atomic mass is 10.2. The summed E-state index contributed by atoms with van der Waals surface area (Å²) in [6.45, 7) is 1.78. The van der Waals surface area contributed by atoms with Gasteiger partial charge in [0, 0.05) is 12.1 Å². The number of esters is 1. The number of hydrogen-bond acceptors (Lipinski definition) is 6. The molecule has 6 heteroatoms. The summed E-state index contributed by atoms with van der Waals surface area (Å²) in [5.74, 6) is -0.648. The van der Waals surface area contributed by atoms with E-state index in [-0.39, 0.29) is 23.7 Å². The van der Waals surface area contributed by atoms with Gasteiger partial charge in [-0.3, -0.25) is 4.79 Å². The minimum Gasteiger partial charge on any atom is -0.490 e. The molecule has 1 rings (SSSR count). The molecule has 0 aromatic carbocycles. The van der Waals surface area contributed by atoms with E-state index in [1.807, 2.05) is 0 Å². The quantitative estimate of drug-likeness (QED) is 0.451. The second-order valence-corrected chi connectivity index (χ2v) is 3.11. The first kappa shape index (κ1) is 13.5. The summed E-state index contributed by atoms with van der Waals surface area (Å²) < 4.78 is 14.4. The smallest absolute Gasteiger partial charge is 0.349 e. The number of hydrogen-bond donors (Lipinski definition) is 0. The van der Waals surface area contributed by atoms with Gasteiger partial charge >= 0.3 is 5.97 Å². The average molecular weight is 249 g/mol. The van der Waals surface area contributed by atoms with Crippen LogP contribution in [0.3, 0.4) is 0 Å². The summed E-state index contributed by atoms with van der Waals surface area (Å²) in [7, 11) is 1.33. The van der Waals surface area contributed by atoms with Gasteiger partial charge in [-0.05, 0) is 6.92 Å². The molecular formula is C12H11NO5. The molecule has 1 heterocycles. The van der Waals surface area contributed by atoms with Crippen molar-refractivity contribution in [2.45, 2.75) is 6.92 Å². The van der Waals surface area contributed by atoms with Crippen LogP contribution in [0, 0.1) is 11.3 Å². The van der Waals surface area contributed by atoms with Crippen LogP contribution in [0.2, 0.25) is 0 Å². The zero-order valence-electron chi connectivity index (χ0n) is 9.93. The van der Waals surface area contributed by atoms with Crippen LogP contribution in [-0.4, -0.2) is 19.7 Å². The Morgan fingerprint density at radius 3 is 2.83 bits per heavy atom. The molecule has 0 unspecified atom stereocenters. The molecule has 0 saturated carbocycles. The zero-order valence-corrected chi connectivity index (χ0v) is 9.93. The summed E-state index contributed by atoms with van der Waals surface area (Å²) >= 11 is 0. The molecule has 0 amide bonds. The highest BCUT2D eigenvalue weighted by Crippen LogP contribution is 2.10. The third-order valence-electron chi connectivity index (χ3n) is 1.94. The second-order valence-electron chi connectivity index (χ2n) is 3.11. The Morgan fingerprint density at radius 1 is 1.61 bits per heavy atom. The Kier molecular flexibility index (Phi) is 4.69. The molecule has 18 heavy (non-hydrogen) atoms. The first-order valence-corrected chi connectivity index (χ1v) is 5.08. The first-order chi connectivity index (χ1) is 8.62. The van der Waals surface area contributed by atoms with Crippen LogP contribution in [-0.2, 0) is 9.53 Å². The molecule has 0 saturated heterocycles. The van der Waals surface area contributed by atoms with E-state index in [2.05, 4.69) is 4.74 Å². The van der Waals surface area contributed by atoms with Crippen molar-refractivity contribution in [3.8, 4) is 11.8 Å². The molecule has 0 radical (unpaired) electrons. The molecule has 1 aromatic heterocycles. The van der Waals surface area contributed by atoms with E-state index in [1.165, 1.54) is 7.11 Å². The molecule has 0 spiro atoms. The van der Waals surface area contributed by atoms with Crippen LogP contribution < -0.4 is 10.2 Å². The number of rotatable bonds is 4. The van der Waals surface area contributed by atoms with Gasteiger partial charge in [-0.25, -0.2) is 4.79 Å². The first-order valence-electron chi connectivity index (χ1n) is 5.08. The zero-order chi connectivity index (χ0) is 13.5. The minimum absolute atomic E-state index is 0.0433. The molecular weight excluding hydrogens is 238 g/mol. The average Bonchev–Trinajstić information content (AvgIpc) is 2.36. The molecule has 0 bridgehead atoms. The van der Waals surface area contributed by atoms with E-state index in [1.54, 1.807) is 13.0 Å². The van der Waals surface area contributed by atoms with E-state index in [0.717, 1.165) is 18.4 Å². The summed E-state index contributed by atoms with van der Waals surface area (Å²) in [6.07, 6.45) is 2.24. The predicted octanol–water partition coefficient (Wildman–Crippen LogP) is 1.12. The number of ether oxygens (including phenoxy) is 2. The Bertz CT molecular complexity index is 565. The lowest BCUT2D eigenvalue weighted by Crippen LogP contribution is -2.07. The van der Waals surface area contributed by atoms with Crippen molar-refractivity contribution in [3.05, 3.63) is 33.9 Å². The maximum atomic E-state index is 11.4. The van der Waals surface area contributed by atoms with Gasteiger partial charge in [0.2, 0.25) is 11.2 Å². The van der Waals surface area contributed by atoms with E-state index in [9.17, 15) is 9.59 Å². The normalized spacial score (nSPS) is 10.6. The molecule has 0 fully saturated rings. The van der Waals surface area contributed by atoms with Crippen molar-refractivity contribution in [3.63, 3.8) is 0 Å². The summed E-state index contributed by atoms with van der Waals surface area (Å²) in [5, 5.41) is 8.79. The van der Waals surface area contributed by atoms with Crippen LogP contribution in [0.1, 0.15) is 12.7 Å². The third kappa shape index (κ3) is 3.22. The molecule has 0 atom stereocenters. The molecule has 0 N–H and O–H groups in total. The maximum Gasteiger partial charge on any atom is 0.349 e. The third-order valence-corrected chi connectivity index (χ3v) is 1.94. The fraction of sp³-hybridized carbons (Fsp3) is 0.250. The fourth-order valence-corrected chi connectivity index (χ4v) is 1.13. The highest BCUT2D eigenvalue weighted by Gasteiger charge is 2.11. The number of methoxy groups -OCH3 is 1. The molecule has 0 aliphatic carbocycles. The van der Waals surface area contributed by atoms with Gasteiger partial charge in [0.1, 0.15) is 23.7 Å². The SMILES string of the molecule is CCOC(=O)C(C#N)=Cc1cc(=O)c(OC)co1. The molecule has 0 aliphatic rings. The molecule has 0 aliphatic heterocycles. The number of carbonyl (C=O) groups excluding carboxylic acids is 1. The Balaban J connectivity index is 3.08. The fourth-order valence-electron chi connectivity index (χ4n) is 1.13.